The molecule has 1 aliphatic heterocycles. The Balaban J connectivity index is 1.91. The highest BCUT2D eigenvalue weighted by atomic mass is 19.1. The first-order valence-electron chi connectivity index (χ1n) is 8.80. The molecule has 3 heteroatoms. The Hall–Kier alpha value is -2.81. The summed E-state index contributed by atoms with van der Waals surface area (Å²) >= 11 is 0. The maximum absolute atomic E-state index is 13.5. The molecule has 0 N–H and O–H groups in total. The van der Waals surface area contributed by atoms with Crippen LogP contribution in [0.15, 0.2) is 66.7 Å². The summed E-state index contributed by atoms with van der Waals surface area (Å²) in [6.07, 6.45) is 0.915. The number of nitrogens with zero attached hydrogens (tertiary/aromatic N) is 1. The summed E-state index contributed by atoms with van der Waals surface area (Å²) in [5, 5.41) is 0. The number of methoxy groups -OCH3 is 1. The fourth-order valence-corrected chi connectivity index (χ4v) is 4.01. The molecule has 1 radical (unpaired) electrons. The maximum Gasteiger partial charge on any atom is 0.123 e. The van der Waals surface area contributed by atoms with Gasteiger partial charge in [-0.1, -0.05) is 30.3 Å². The second kappa shape index (κ2) is 6.49. The molecule has 0 bridgehead atoms. The predicted octanol–water partition coefficient (Wildman–Crippen LogP) is 4.96. The van der Waals surface area contributed by atoms with Crippen molar-refractivity contribution < 1.29 is 9.13 Å². The third-order valence-electron chi connectivity index (χ3n) is 5.40. The van der Waals surface area contributed by atoms with Gasteiger partial charge in [0.15, 0.2) is 0 Å². The Morgan fingerprint density at radius 1 is 1.04 bits per heavy atom. The van der Waals surface area contributed by atoms with E-state index in [9.17, 15) is 4.39 Å². The molecule has 0 aromatic heterocycles. The Labute approximate surface area is 153 Å². The van der Waals surface area contributed by atoms with E-state index in [1.54, 1.807) is 7.11 Å². The Kier molecular flexibility index (Phi) is 4.15. The first-order valence-corrected chi connectivity index (χ1v) is 8.80. The van der Waals surface area contributed by atoms with Gasteiger partial charge < -0.3 is 9.64 Å². The lowest BCUT2D eigenvalue weighted by molar-refractivity contribution is 0.411. The summed E-state index contributed by atoms with van der Waals surface area (Å²) in [6, 6.07) is 24.3. The molecule has 1 heterocycles. The molecule has 0 fully saturated rings. The molecule has 131 valence electrons. The minimum absolute atomic E-state index is 0.216. The highest BCUT2D eigenvalue weighted by Crippen LogP contribution is 2.44. The van der Waals surface area contributed by atoms with Crippen molar-refractivity contribution in [2.24, 2.45) is 0 Å². The highest BCUT2D eigenvalue weighted by molar-refractivity contribution is 5.60. The van der Waals surface area contributed by atoms with Crippen LogP contribution in [-0.4, -0.2) is 13.7 Å². The molecule has 0 saturated carbocycles. The molecule has 4 rings (SSSR count). The fraction of sp³-hybridized carbons (Fsp3) is 0.217. The van der Waals surface area contributed by atoms with Gasteiger partial charge >= 0.3 is 0 Å². The molecule has 3 aromatic rings. The first-order chi connectivity index (χ1) is 12.6. The number of rotatable bonds is 3. The van der Waals surface area contributed by atoms with E-state index >= 15 is 0 Å². The monoisotopic (exact) mass is 346 g/mol. The number of halogens is 1. The van der Waals surface area contributed by atoms with E-state index in [1.807, 2.05) is 30.3 Å². The number of hydrogen-bond donors (Lipinski definition) is 0. The van der Waals surface area contributed by atoms with E-state index < -0.39 is 0 Å². The van der Waals surface area contributed by atoms with E-state index in [0.29, 0.717) is 0 Å². The zero-order valence-corrected chi connectivity index (χ0v) is 15.0. The van der Waals surface area contributed by atoms with Crippen LogP contribution in [0.5, 0.6) is 5.75 Å². The molecule has 1 aliphatic rings. The molecule has 0 aliphatic carbocycles. The first kappa shape index (κ1) is 16.6. The normalized spacial score (nSPS) is 19.1. The Bertz CT molecular complexity index is 907. The molecule has 1 atom stereocenters. The van der Waals surface area contributed by atoms with Crippen molar-refractivity contribution >= 4 is 5.69 Å². The minimum Gasteiger partial charge on any atom is -0.497 e. The maximum atomic E-state index is 13.5. The van der Waals surface area contributed by atoms with Gasteiger partial charge in [0, 0.05) is 12.2 Å². The van der Waals surface area contributed by atoms with Crippen molar-refractivity contribution in [2.75, 3.05) is 18.6 Å². The van der Waals surface area contributed by atoms with E-state index in [0.717, 1.165) is 24.4 Å². The summed E-state index contributed by atoms with van der Waals surface area (Å²) in [4.78, 5) is 2.36. The third-order valence-corrected chi connectivity index (χ3v) is 5.40. The fourth-order valence-electron chi connectivity index (χ4n) is 4.01. The average Bonchev–Trinajstić information content (AvgIpc) is 2.69. The molecule has 0 saturated heterocycles. The van der Waals surface area contributed by atoms with Gasteiger partial charge in [-0.15, -0.1) is 0 Å². The Morgan fingerprint density at radius 2 is 1.77 bits per heavy atom. The van der Waals surface area contributed by atoms with Gasteiger partial charge in [0.1, 0.15) is 11.6 Å². The van der Waals surface area contributed by atoms with Crippen LogP contribution in [0.25, 0.3) is 0 Å². The highest BCUT2D eigenvalue weighted by Gasteiger charge is 2.40. The zero-order chi connectivity index (χ0) is 18.1. The van der Waals surface area contributed by atoms with Gasteiger partial charge in [-0.05, 0) is 72.5 Å². The zero-order valence-electron chi connectivity index (χ0n) is 15.0. The van der Waals surface area contributed by atoms with E-state index in [1.165, 1.54) is 28.8 Å². The van der Waals surface area contributed by atoms with E-state index in [-0.39, 0.29) is 11.4 Å². The minimum atomic E-state index is -0.354. The standard InChI is InChI=1S/C23H21FNO/c1-23(18-6-4-3-5-7-18)22-13-12-21(26-2)16-17(22)14-15-25(23)20-10-8-19(24)9-11-20/h4-13,16H,14-15H2,1-2H3. The second-order valence-electron chi connectivity index (χ2n) is 6.76. The summed E-state index contributed by atoms with van der Waals surface area (Å²) in [5.41, 5.74) is 4.39. The quantitative estimate of drug-likeness (QED) is 0.664. The van der Waals surface area contributed by atoms with Crippen LogP contribution in [0.2, 0.25) is 0 Å². The lowest BCUT2D eigenvalue weighted by atomic mass is 9.76. The summed E-state index contributed by atoms with van der Waals surface area (Å²) < 4.78 is 18.9. The smallest absolute Gasteiger partial charge is 0.123 e. The molecule has 1 unspecified atom stereocenters. The van der Waals surface area contributed by atoms with Crippen molar-refractivity contribution in [3.63, 3.8) is 0 Å². The van der Waals surface area contributed by atoms with Crippen LogP contribution in [0.1, 0.15) is 23.6 Å². The van der Waals surface area contributed by atoms with Crippen LogP contribution in [-0.2, 0) is 12.0 Å². The van der Waals surface area contributed by atoms with E-state index in [2.05, 4.69) is 42.2 Å². The van der Waals surface area contributed by atoms with Crippen molar-refractivity contribution in [2.45, 2.75) is 18.9 Å². The van der Waals surface area contributed by atoms with Crippen LogP contribution < -0.4 is 9.64 Å². The lowest BCUT2D eigenvalue weighted by Crippen LogP contribution is -2.49. The van der Waals surface area contributed by atoms with Gasteiger partial charge in [0.2, 0.25) is 0 Å². The number of anilines is 1. The summed E-state index contributed by atoms with van der Waals surface area (Å²) in [7, 11) is 1.70. The molecule has 0 spiro atoms. The molecular formula is C23H21FNO. The predicted molar refractivity (Wildman–Crippen MR) is 102 cm³/mol. The van der Waals surface area contributed by atoms with Crippen LogP contribution in [0.4, 0.5) is 10.1 Å². The summed E-state index contributed by atoms with van der Waals surface area (Å²) in [6.45, 7) is 3.08. The third kappa shape index (κ3) is 2.64. The molecular weight excluding hydrogens is 325 g/mol. The van der Waals surface area contributed by atoms with Crippen molar-refractivity contribution in [3.05, 3.63) is 95.3 Å². The topological polar surface area (TPSA) is 12.5 Å². The molecule has 2 nitrogen and oxygen atoms in total. The number of ether oxygens (including phenoxy) is 1. The lowest BCUT2D eigenvalue weighted by Gasteiger charge is -2.48. The SMILES string of the molecule is COc1ccc2c(c1)CCN(c1ccc(F)cc1)C2(C)c1cc[c]cc1. The average molecular weight is 346 g/mol. The second-order valence-corrected chi connectivity index (χ2v) is 6.76. The van der Waals surface area contributed by atoms with Gasteiger partial charge in [-0.25, -0.2) is 4.39 Å². The van der Waals surface area contributed by atoms with Crippen LogP contribution >= 0.6 is 0 Å². The summed E-state index contributed by atoms with van der Waals surface area (Å²) in [5.74, 6) is 0.662. The Morgan fingerprint density at radius 3 is 2.46 bits per heavy atom. The van der Waals surface area contributed by atoms with Crippen molar-refractivity contribution in [3.8, 4) is 5.75 Å². The van der Waals surface area contributed by atoms with Crippen LogP contribution in [0.3, 0.4) is 0 Å². The largest absolute Gasteiger partial charge is 0.497 e. The van der Waals surface area contributed by atoms with Crippen molar-refractivity contribution in [1.82, 2.24) is 0 Å². The molecule has 26 heavy (non-hydrogen) atoms. The van der Waals surface area contributed by atoms with Gasteiger partial charge in [0.25, 0.3) is 0 Å². The molecule has 0 amide bonds. The van der Waals surface area contributed by atoms with Crippen LogP contribution in [0, 0.1) is 11.9 Å². The number of fused-ring (bicyclic) bond motifs is 1. The molecule has 3 aromatic carbocycles. The number of hydrogen-bond acceptors (Lipinski definition) is 2. The van der Waals surface area contributed by atoms with Gasteiger partial charge in [-0.2, -0.15) is 0 Å². The van der Waals surface area contributed by atoms with Gasteiger partial charge in [0.05, 0.1) is 12.6 Å². The van der Waals surface area contributed by atoms with Gasteiger partial charge in [-0.3, -0.25) is 0 Å². The van der Waals surface area contributed by atoms with Crippen molar-refractivity contribution in [1.29, 1.82) is 0 Å². The van der Waals surface area contributed by atoms with E-state index in [4.69, 9.17) is 4.74 Å². The number of benzene rings is 3.